The van der Waals surface area contributed by atoms with Crippen LogP contribution in [-0.4, -0.2) is 12.6 Å². The molecule has 0 bridgehead atoms. The van der Waals surface area contributed by atoms with Crippen molar-refractivity contribution in [3.05, 3.63) is 34.3 Å². The summed E-state index contributed by atoms with van der Waals surface area (Å²) in [5.41, 5.74) is 1.50. The van der Waals surface area contributed by atoms with Crippen molar-refractivity contribution in [2.24, 2.45) is 11.8 Å². The number of benzene rings is 1. The molecular formula is C17H24BrN. The van der Waals surface area contributed by atoms with E-state index in [4.69, 9.17) is 0 Å². The molecule has 1 nitrogen and oxygen atoms in total. The first-order chi connectivity index (χ1) is 9.22. The number of halogens is 1. The van der Waals surface area contributed by atoms with E-state index in [-0.39, 0.29) is 0 Å². The predicted octanol–water partition coefficient (Wildman–Crippen LogP) is 4.72. The SMILES string of the molecule is CC1CCC(CNC2CC(c3ccccc3Br)C2)C1. The maximum Gasteiger partial charge on any atom is 0.0210 e. The van der Waals surface area contributed by atoms with Crippen molar-refractivity contribution >= 4 is 15.9 Å². The minimum absolute atomic E-state index is 0.757. The van der Waals surface area contributed by atoms with Gasteiger partial charge in [-0.1, -0.05) is 47.5 Å². The van der Waals surface area contributed by atoms with Crippen LogP contribution in [0.15, 0.2) is 28.7 Å². The summed E-state index contributed by atoms with van der Waals surface area (Å²) in [6.45, 7) is 3.64. The molecule has 2 unspecified atom stereocenters. The standard InChI is InChI=1S/C17H24BrN/c1-12-6-7-13(8-12)11-19-15-9-14(10-15)16-4-2-3-5-17(16)18/h2-5,12-15,19H,6-11H2,1H3. The molecule has 19 heavy (non-hydrogen) atoms. The van der Waals surface area contributed by atoms with Crippen LogP contribution in [0.25, 0.3) is 0 Å². The summed E-state index contributed by atoms with van der Waals surface area (Å²) in [7, 11) is 0. The van der Waals surface area contributed by atoms with E-state index in [2.05, 4.69) is 52.4 Å². The Hall–Kier alpha value is -0.340. The smallest absolute Gasteiger partial charge is 0.0210 e. The Morgan fingerprint density at radius 1 is 1.16 bits per heavy atom. The fourth-order valence-electron chi connectivity index (χ4n) is 3.69. The highest BCUT2D eigenvalue weighted by Gasteiger charge is 2.32. The van der Waals surface area contributed by atoms with E-state index >= 15 is 0 Å². The van der Waals surface area contributed by atoms with Crippen LogP contribution >= 0.6 is 15.9 Å². The Kier molecular flexibility index (Phi) is 4.28. The van der Waals surface area contributed by atoms with Crippen molar-refractivity contribution in [1.82, 2.24) is 5.32 Å². The third-order valence-electron chi connectivity index (χ3n) is 4.98. The quantitative estimate of drug-likeness (QED) is 0.846. The first-order valence-electron chi connectivity index (χ1n) is 7.70. The molecule has 104 valence electrons. The van der Waals surface area contributed by atoms with E-state index in [1.807, 2.05) is 0 Å². The highest BCUT2D eigenvalue weighted by Crippen LogP contribution is 2.40. The zero-order valence-corrected chi connectivity index (χ0v) is 13.3. The molecule has 0 heterocycles. The molecule has 0 amide bonds. The molecule has 2 fully saturated rings. The van der Waals surface area contributed by atoms with Gasteiger partial charge in [0.15, 0.2) is 0 Å². The summed E-state index contributed by atoms with van der Waals surface area (Å²) in [6.07, 6.45) is 6.94. The zero-order valence-electron chi connectivity index (χ0n) is 11.7. The van der Waals surface area contributed by atoms with Gasteiger partial charge in [-0.25, -0.2) is 0 Å². The van der Waals surface area contributed by atoms with Gasteiger partial charge in [-0.3, -0.25) is 0 Å². The number of hydrogen-bond donors (Lipinski definition) is 1. The van der Waals surface area contributed by atoms with Crippen molar-refractivity contribution in [2.75, 3.05) is 6.54 Å². The lowest BCUT2D eigenvalue weighted by Crippen LogP contribution is -2.42. The minimum atomic E-state index is 0.757. The molecule has 2 aliphatic carbocycles. The second-order valence-electron chi connectivity index (χ2n) is 6.58. The molecule has 2 saturated carbocycles. The molecule has 2 atom stereocenters. The molecule has 0 saturated heterocycles. The van der Waals surface area contributed by atoms with Crippen LogP contribution < -0.4 is 5.32 Å². The van der Waals surface area contributed by atoms with Crippen LogP contribution in [0.2, 0.25) is 0 Å². The molecule has 3 rings (SSSR count). The number of hydrogen-bond acceptors (Lipinski definition) is 1. The summed E-state index contributed by atoms with van der Waals surface area (Å²) >= 11 is 3.67. The van der Waals surface area contributed by atoms with Crippen molar-refractivity contribution in [2.45, 2.75) is 51.0 Å². The van der Waals surface area contributed by atoms with E-state index in [9.17, 15) is 0 Å². The van der Waals surface area contributed by atoms with Crippen molar-refractivity contribution in [3.8, 4) is 0 Å². The Bertz CT molecular complexity index is 425. The molecule has 0 radical (unpaired) electrons. The fourth-order valence-corrected chi connectivity index (χ4v) is 4.30. The average molecular weight is 322 g/mol. The molecule has 1 aromatic carbocycles. The summed E-state index contributed by atoms with van der Waals surface area (Å²) < 4.78 is 1.28. The van der Waals surface area contributed by atoms with Gasteiger partial charge < -0.3 is 5.32 Å². The van der Waals surface area contributed by atoms with Crippen LogP contribution in [-0.2, 0) is 0 Å². The molecule has 2 heteroatoms. The van der Waals surface area contributed by atoms with Gasteiger partial charge in [0.25, 0.3) is 0 Å². The van der Waals surface area contributed by atoms with Crippen LogP contribution in [0.1, 0.15) is 50.5 Å². The normalized spacial score (nSPS) is 34.2. The highest BCUT2D eigenvalue weighted by atomic mass is 79.9. The second kappa shape index (κ2) is 5.97. The molecular weight excluding hydrogens is 298 g/mol. The molecule has 0 aromatic heterocycles. The number of rotatable bonds is 4. The van der Waals surface area contributed by atoms with E-state index in [1.54, 1.807) is 0 Å². The third kappa shape index (κ3) is 3.22. The lowest BCUT2D eigenvalue weighted by molar-refractivity contribution is 0.274. The van der Waals surface area contributed by atoms with Crippen LogP contribution in [0.3, 0.4) is 0 Å². The van der Waals surface area contributed by atoms with Gasteiger partial charge in [-0.2, -0.15) is 0 Å². The average Bonchev–Trinajstić information content (AvgIpc) is 2.75. The van der Waals surface area contributed by atoms with Crippen LogP contribution in [0, 0.1) is 11.8 Å². The van der Waals surface area contributed by atoms with Crippen LogP contribution in [0.4, 0.5) is 0 Å². The van der Waals surface area contributed by atoms with Crippen molar-refractivity contribution < 1.29 is 0 Å². The van der Waals surface area contributed by atoms with Gasteiger partial charge >= 0.3 is 0 Å². The van der Waals surface area contributed by atoms with Gasteiger partial charge in [-0.05, 0) is 61.6 Å². The van der Waals surface area contributed by atoms with E-state index < -0.39 is 0 Å². The second-order valence-corrected chi connectivity index (χ2v) is 7.43. The van der Waals surface area contributed by atoms with E-state index in [1.165, 1.54) is 48.7 Å². The Morgan fingerprint density at radius 3 is 2.63 bits per heavy atom. The van der Waals surface area contributed by atoms with Gasteiger partial charge in [0, 0.05) is 10.5 Å². The number of nitrogens with one attached hydrogen (secondary N) is 1. The largest absolute Gasteiger partial charge is 0.314 e. The third-order valence-corrected chi connectivity index (χ3v) is 5.70. The molecule has 0 aliphatic heterocycles. The summed E-state index contributed by atoms with van der Waals surface area (Å²) in [5, 5.41) is 3.79. The van der Waals surface area contributed by atoms with Crippen LogP contribution in [0.5, 0.6) is 0 Å². The Morgan fingerprint density at radius 2 is 1.95 bits per heavy atom. The topological polar surface area (TPSA) is 12.0 Å². The summed E-state index contributed by atoms with van der Waals surface area (Å²) in [5.74, 6) is 2.66. The lowest BCUT2D eigenvalue weighted by Gasteiger charge is -2.37. The first kappa shape index (κ1) is 13.6. The van der Waals surface area contributed by atoms with Gasteiger partial charge in [0.2, 0.25) is 0 Å². The lowest BCUT2D eigenvalue weighted by atomic mass is 9.76. The first-order valence-corrected chi connectivity index (χ1v) is 8.49. The van der Waals surface area contributed by atoms with Gasteiger partial charge in [0.05, 0.1) is 0 Å². The van der Waals surface area contributed by atoms with Gasteiger partial charge in [-0.15, -0.1) is 0 Å². The molecule has 1 aromatic rings. The monoisotopic (exact) mass is 321 g/mol. The van der Waals surface area contributed by atoms with Crippen molar-refractivity contribution in [3.63, 3.8) is 0 Å². The van der Waals surface area contributed by atoms with Crippen molar-refractivity contribution in [1.29, 1.82) is 0 Å². The molecule has 2 aliphatic rings. The minimum Gasteiger partial charge on any atom is -0.314 e. The van der Waals surface area contributed by atoms with E-state index in [0.717, 1.165) is 23.8 Å². The Labute approximate surface area is 125 Å². The zero-order chi connectivity index (χ0) is 13.2. The fraction of sp³-hybridized carbons (Fsp3) is 0.647. The van der Waals surface area contributed by atoms with E-state index in [0.29, 0.717) is 0 Å². The molecule has 0 spiro atoms. The maximum absolute atomic E-state index is 3.79. The molecule has 1 N–H and O–H groups in total. The van der Waals surface area contributed by atoms with Gasteiger partial charge in [0.1, 0.15) is 0 Å². The Balaban J connectivity index is 1.42. The maximum atomic E-state index is 3.79. The highest BCUT2D eigenvalue weighted by molar-refractivity contribution is 9.10. The summed E-state index contributed by atoms with van der Waals surface area (Å²) in [4.78, 5) is 0. The summed E-state index contributed by atoms with van der Waals surface area (Å²) in [6, 6.07) is 9.44. The predicted molar refractivity (Wildman–Crippen MR) is 84.4 cm³/mol.